The molecule has 0 aromatic heterocycles. The standard InChI is InChI=1S/C34H47F5N2O4S/c1-32-15-11-27-26-8-7-25(45-31(43)41-16-12-24(13-17-41)40(2)3)21-23(26)20-22(30(27)28(32)9-10-29(32)42)6-4-18-46(44)19-5-14-33(35,36)34(37,38)39/h7-8,21-22,24,27-28,30H,4-6,9-20H2,1-3H3/t22-,27-,28+,30-,32+,46?/m1/s1. The molecule has 0 radical (unpaired) electrons. The molecule has 1 aromatic carbocycles. The number of rotatable bonds is 10. The first kappa shape index (κ1) is 35.2. The number of hydrogen-bond acceptors (Lipinski definition) is 5. The minimum Gasteiger partial charge on any atom is -0.410 e. The number of fused-ring (bicyclic) bond motifs is 5. The molecule has 6 atom stereocenters. The molecule has 1 aromatic rings. The molecule has 1 saturated heterocycles. The van der Waals surface area contributed by atoms with E-state index < -0.39 is 35.7 Å². The van der Waals surface area contributed by atoms with Crippen LogP contribution in [0.15, 0.2) is 18.2 Å². The Labute approximate surface area is 271 Å². The number of halogens is 5. The molecule has 3 aliphatic carbocycles. The van der Waals surface area contributed by atoms with Gasteiger partial charge in [-0.25, -0.2) is 4.79 Å². The molecule has 1 amide bonds. The molecule has 4 aliphatic rings. The summed E-state index contributed by atoms with van der Waals surface area (Å²) in [6.07, 6.45) is -0.843. The molecule has 0 spiro atoms. The zero-order valence-electron chi connectivity index (χ0n) is 27.1. The van der Waals surface area contributed by atoms with Crippen molar-refractivity contribution in [2.24, 2.45) is 23.2 Å². The van der Waals surface area contributed by atoms with Crippen LogP contribution in [-0.2, 0) is 22.0 Å². The van der Waals surface area contributed by atoms with Crippen molar-refractivity contribution in [3.8, 4) is 5.75 Å². The number of ketones is 1. The monoisotopic (exact) mass is 674 g/mol. The highest BCUT2D eigenvalue weighted by Gasteiger charge is 2.57. The number of piperidine rings is 1. The van der Waals surface area contributed by atoms with Crippen LogP contribution in [0.25, 0.3) is 0 Å². The lowest BCUT2D eigenvalue weighted by Crippen LogP contribution is -2.46. The summed E-state index contributed by atoms with van der Waals surface area (Å²) in [6, 6.07) is 6.37. The topological polar surface area (TPSA) is 66.9 Å². The number of amides is 1. The number of hydrogen-bond donors (Lipinski definition) is 0. The highest BCUT2D eigenvalue weighted by molar-refractivity contribution is 7.84. The van der Waals surface area contributed by atoms with Gasteiger partial charge in [0.05, 0.1) is 0 Å². The van der Waals surface area contributed by atoms with Crippen molar-refractivity contribution in [3.63, 3.8) is 0 Å². The predicted octanol–water partition coefficient (Wildman–Crippen LogP) is 7.37. The fourth-order valence-corrected chi connectivity index (χ4v) is 9.98. The molecule has 0 bridgehead atoms. The van der Waals surface area contributed by atoms with Crippen molar-refractivity contribution in [3.05, 3.63) is 29.3 Å². The van der Waals surface area contributed by atoms with Gasteiger partial charge in [-0.1, -0.05) is 13.0 Å². The number of nitrogens with zero attached hydrogens (tertiary/aromatic N) is 2. The summed E-state index contributed by atoms with van der Waals surface area (Å²) in [6.45, 7) is 3.39. The van der Waals surface area contributed by atoms with E-state index in [0.717, 1.165) is 50.5 Å². The quantitative estimate of drug-likeness (QED) is 0.243. The molecule has 1 unspecified atom stereocenters. The third kappa shape index (κ3) is 7.32. The molecule has 0 N–H and O–H groups in total. The highest BCUT2D eigenvalue weighted by Crippen LogP contribution is 2.61. The average molecular weight is 675 g/mol. The Kier molecular flexibility index (Phi) is 10.6. The number of benzene rings is 1. The van der Waals surface area contributed by atoms with Crippen LogP contribution in [-0.4, -0.2) is 82.7 Å². The fourth-order valence-electron chi connectivity index (χ4n) is 8.82. The third-order valence-corrected chi connectivity index (χ3v) is 13.0. The van der Waals surface area contributed by atoms with Crippen LogP contribution < -0.4 is 4.74 Å². The van der Waals surface area contributed by atoms with Crippen molar-refractivity contribution >= 4 is 22.7 Å². The summed E-state index contributed by atoms with van der Waals surface area (Å²) in [7, 11) is 2.60. The first-order valence-electron chi connectivity index (χ1n) is 16.7. The molecule has 12 heteroatoms. The number of ether oxygens (including phenoxy) is 1. The lowest BCUT2D eigenvalue weighted by atomic mass is 9.52. The first-order valence-corrected chi connectivity index (χ1v) is 18.2. The number of likely N-dealkylation sites (tertiary alicyclic amines) is 1. The highest BCUT2D eigenvalue weighted by atomic mass is 32.2. The van der Waals surface area contributed by atoms with Gasteiger partial charge in [-0.3, -0.25) is 9.00 Å². The summed E-state index contributed by atoms with van der Waals surface area (Å²) < 4.78 is 82.4. The second-order valence-electron chi connectivity index (χ2n) is 14.4. The number of carbonyl (C=O) groups is 2. The lowest BCUT2D eigenvalue weighted by molar-refractivity contribution is -0.284. The summed E-state index contributed by atoms with van der Waals surface area (Å²) in [5, 5.41) is 0. The van der Waals surface area contributed by atoms with Gasteiger partial charge in [-0.15, -0.1) is 0 Å². The molecule has 5 rings (SSSR count). The van der Waals surface area contributed by atoms with E-state index >= 15 is 0 Å². The Bertz CT molecular complexity index is 1300. The van der Waals surface area contributed by atoms with Gasteiger partial charge in [0.25, 0.3) is 0 Å². The molecule has 1 heterocycles. The maximum absolute atomic E-state index is 13.3. The number of carbonyl (C=O) groups excluding carboxylic acids is 2. The SMILES string of the molecule is CN(C)C1CCN(C(=O)Oc2ccc3c(c2)C[C@@H](CCCS(=O)CCCC(F)(F)C(F)(F)F)[C@@H]2[C@@H]3CC[C@]3(C)C(=O)CC[C@@H]23)CC1. The molecule has 6 nitrogen and oxygen atoms in total. The first-order chi connectivity index (χ1) is 21.6. The fraction of sp³-hybridized carbons (Fsp3) is 0.765. The largest absolute Gasteiger partial charge is 0.453 e. The molecule has 1 aliphatic heterocycles. The second kappa shape index (κ2) is 13.8. The van der Waals surface area contributed by atoms with Crippen molar-refractivity contribution in [1.82, 2.24) is 9.80 Å². The van der Waals surface area contributed by atoms with E-state index in [0.29, 0.717) is 43.5 Å². The lowest BCUT2D eigenvalue weighted by Gasteiger charge is -2.51. The van der Waals surface area contributed by atoms with E-state index in [-0.39, 0.29) is 46.7 Å². The Morgan fingerprint density at radius 2 is 1.76 bits per heavy atom. The molecule has 258 valence electrons. The van der Waals surface area contributed by atoms with E-state index in [2.05, 4.69) is 17.9 Å². The molecular weight excluding hydrogens is 627 g/mol. The van der Waals surface area contributed by atoms with Crippen LogP contribution in [0.5, 0.6) is 5.75 Å². The van der Waals surface area contributed by atoms with E-state index in [1.54, 1.807) is 4.90 Å². The minimum atomic E-state index is -5.60. The number of alkyl halides is 5. The zero-order valence-corrected chi connectivity index (χ0v) is 27.9. The van der Waals surface area contributed by atoms with Gasteiger partial charge in [0.15, 0.2) is 0 Å². The average Bonchev–Trinajstić information content (AvgIpc) is 3.30. The molecule has 2 saturated carbocycles. The predicted molar refractivity (Wildman–Crippen MR) is 167 cm³/mol. The van der Waals surface area contributed by atoms with Crippen LogP contribution in [0.1, 0.15) is 88.2 Å². The Hall–Kier alpha value is -2.08. The summed E-state index contributed by atoms with van der Waals surface area (Å²) in [5.41, 5.74) is 2.01. The molecule has 46 heavy (non-hydrogen) atoms. The van der Waals surface area contributed by atoms with Crippen LogP contribution in [0, 0.1) is 23.2 Å². The van der Waals surface area contributed by atoms with Gasteiger partial charge in [0.1, 0.15) is 11.5 Å². The van der Waals surface area contributed by atoms with Gasteiger partial charge in [0, 0.05) is 59.7 Å². The maximum atomic E-state index is 13.3. The Morgan fingerprint density at radius 3 is 2.43 bits per heavy atom. The second-order valence-corrected chi connectivity index (χ2v) is 16.1. The van der Waals surface area contributed by atoms with E-state index in [4.69, 9.17) is 4.74 Å². The van der Waals surface area contributed by atoms with Crippen LogP contribution >= 0.6 is 0 Å². The van der Waals surface area contributed by atoms with Gasteiger partial charge < -0.3 is 14.5 Å². The number of Topliss-reactive ketones (excluding diaryl/α,β-unsaturated/α-hetero) is 1. The van der Waals surface area contributed by atoms with Gasteiger partial charge in [0.2, 0.25) is 0 Å². The Balaban J connectivity index is 1.25. The normalized spacial score (nSPS) is 29.3. The van der Waals surface area contributed by atoms with E-state index in [9.17, 15) is 35.8 Å². The third-order valence-electron chi connectivity index (χ3n) is 11.5. The van der Waals surface area contributed by atoms with Gasteiger partial charge in [-0.2, -0.15) is 22.0 Å². The van der Waals surface area contributed by atoms with Crippen LogP contribution in [0.4, 0.5) is 26.7 Å². The summed E-state index contributed by atoms with van der Waals surface area (Å²) in [5.74, 6) is -2.94. The zero-order chi connectivity index (χ0) is 33.4. The smallest absolute Gasteiger partial charge is 0.410 e. The van der Waals surface area contributed by atoms with Crippen LogP contribution in [0.3, 0.4) is 0 Å². The van der Waals surface area contributed by atoms with Crippen molar-refractivity contribution in [1.29, 1.82) is 0 Å². The summed E-state index contributed by atoms with van der Waals surface area (Å²) in [4.78, 5) is 30.0. The van der Waals surface area contributed by atoms with E-state index in [1.165, 1.54) is 5.56 Å². The maximum Gasteiger partial charge on any atom is 0.453 e. The molecular formula is C34H47F5N2O4S. The molecule has 3 fully saturated rings. The van der Waals surface area contributed by atoms with Crippen LogP contribution in [0.2, 0.25) is 0 Å². The Morgan fingerprint density at radius 1 is 1.07 bits per heavy atom. The minimum absolute atomic E-state index is 0.190. The van der Waals surface area contributed by atoms with Gasteiger partial charge >= 0.3 is 18.2 Å². The summed E-state index contributed by atoms with van der Waals surface area (Å²) >= 11 is 0. The van der Waals surface area contributed by atoms with Crippen molar-refractivity contribution < 1.29 is 40.5 Å². The van der Waals surface area contributed by atoms with E-state index in [1.807, 2.05) is 26.2 Å². The van der Waals surface area contributed by atoms with Gasteiger partial charge in [-0.05, 0) is 119 Å². The van der Waals surface area contributed by atoms with Crippen molar-refractivity contribution in [2.75, 3.05) is 38.7 Å². The van der Waals surface area contributed by atoms with Crippen molar-refractivity contribution in [2.45, 2.75) is 102 Å².